The van der Waals surface area contributed by atoms with Crippen molar-refractivity contribution < 1.29 is 38.4 Å². The summed E-state index contributed by atoms with van der Waals surface area (Å²) in [5.74, 6) is -0.592. The van der Waals surface area contributed by atoms with E-state index in [2.05, 4.69) is 52.1 Å². The predicted octanol–water partition coefficient (Wildman–Crippen LogP) is 4.83. The number of ether oxygens (including phenoxy) is 4. The van der Waals surface area contributed by atoms with Crippen LogP contribution in [0.15, 0.2) is 48.6 Å². The molecule has 0 amide bonds. The molecule has 2 aromatic carbocycles. The van der Waals surface area contributed by atoms with Crippen molar-refractivity contribution >= 4 is 34.5 Å². The molecule has 1 aliphatic carbocycles. The number of hydrogen-bond acceptors (Lipinski definition) is 11. The Labute approximate surface area is 334 Å². The number of fused-ring (bicyclic) bond motifs is 6. The molecule has 1 spiro atoms. The quantitative estimate of drug-likeness (QED) is 0.194. The first kappa shape index (κ1) is 38.1. The minimum absolute atomic E-state index is 0.190. The van der Waals surface area contributed by atoms with Crippen LogP contribution in [0.5, 0.6) is 5.75 Å². The lowest BCUT2D eigenvalue weighted by atomic mass is 9.47. The lowest BCUT2D eigenvalue weighted by Gasteiger charge is -2.63. The molecule has 12 heteroatoms. The summed E-state index contributed by atoms with van der Waals surface area (Å²) in [6.45, 7) is 9.54. The summed E-state index contributed by atoms with van der Waals surface area (Å²) in [5, 5.41) is 14.4. The number of aromatic nitrogens is 1. The standard InChI is InChI=1S/C45H56N4O8/c1-8-27-19-28-22-44(40(51)55-6,36-30(25-48(23-27)24-28)29-13-10-11-14-33(29)46-36)32-20-31-34(21-35(32)54-5)47(4)38-43(31)16-18-49-17-12-15-42(9-2,37(43)49)39(57-26(3)50)45(38,53)41(52)56-7/h10-15,20-21,27-28,37-39,46,53H,8-9,16-19,22-25H2,1-7H3/t27-,28+,37-,38+,39+,42+,43+,44-,45-/m0/s1. The molecule has 12 nitrogen and oxygen atoms in total. The van der Waals surface area contributed by atoms with E-state index in [0.29, 0.717) is 56.1 Å². The van der Waals surface area contributed by atoms with Crippen LogP contribution >= 0.6 is 0 Å². The zero-order valence-corrected chi connectivity index (χ0v) is 34.2. The molecule has 1 unspecified atom stereocenters. The molecule has 2 saturated heterocycles. The molecule has 2 bridgehead atoms. The number of hydrogen-bond donors (Lipinski definition) is 2. The number of likely N-dealkylation sites (N-methyl/N-ethyl adjacent to an activating group) is 1. The van der Waals surface area contributed by atoms with Gasteiger partial charge in [0.2, 0.25) is 5.60 Å². The average Bonchev–Trinajstić information content (AvgIpc) is 3.87. The molecular weight excluding hydrogens is 725 g/mol. The summed E-state index contributed by atoms with van der Waals surface area (Å²) in [4.78, 5) is 53.3. The van der Waals surface area contributed by atoms with Crippen LogP contribution in [0.3, 0.4) is 0 Å². The summed E-state index contributed by atoms with van der Waals surface area (Å²) in [6.07, 6.45) is 6.56. The summed E-state index contributed by atoms with van der Waals surface area (Å²) >= 11 is 0. The lowest BCUT2D eigenvalue weighted by molar-refractivity contribution is -0.228. The molecule has 6 heterocycles. The number of aromatic amines is 1. The van der Waals surface area contributed by atoms with Crippen molar-refractivity contribution in [3.8, 4) is 5.75 Å². The van der Waals surface area contributed by atoms with Crippen molar-refractivity contribution in [2.24, 2.45) is 17.3 Å². The highest BCUT2D eigenvalue weighted by Crippen LogP contribution is 2.68. The van der Waals surface area contributed by atoms with Gasteiger partial charge >= 0.3 is 17.9 Å². The number of nitrogens with one attached hydrogen (secondary N) is 1. The van der Waals surface area contributed by atoms with Crippen LogP contribution < -0.4 is 9.64 Å². The third kappa shape index (κ3) is 4.86. The molecule has 3 aromatic rings. The van der Waals surface area contributed by atoms with Gasteiger partial charge in [-0.05, 0) is 67.3 Å². The second-order valence-electron chi connectivity index (χ2n) is 17.6. The zero-order valence-electron chi connectivity index (χ0n) is 34.2. The maximum absolute atomic E-state index is 15.2. The molecule has 57 heavy (non-hydrogen) atoms. The number of esters is 3. The van der Waals surface area contributed by atoms with Crippen LogP contribution in [0.4, 0.5) is 5.69 Å². The number of benzene rings is 2. The Bertz CT molecular complexity index is 2180. The SMILES string of the molecule is CC[C@H]1C[C@H]2CN(Cc3c([nH]c4ccccc34)[C@@](C(=O)OC)(c3cc4c(cc3OC)N(C)[C@H]3[C@@](O)(C(=O)OC)[C@H](OC(C)=O)[C@]5(CC)C=CCN6CC[C@]43[C@@H]65)C2)C1. The van der Waals surface area contributed by atoms with Gasteiger partial charge in [-0.3, -0.25) is 19.4 Å². The second-order valence-corrected chi connectivity index (χ2v) is 17.6. The average molecular weight is 781 g/mol. The smallest absolute Gasteiger partial charge is 0.344 e. The van der Waals surface area contributed by atoms with E-state index in [-0.39, 0.29) is 17.9 Å². The Kier molecular flexibility index (Phi) is 8.92. The molecule has 3 fully saturated rings. The number of nitrogens with zero attached hydrogens (tertiary/aromatic N) is 3. The number of carbonyl (C=O) groups is 3. The minimum atomic E-state index is -2.27. The maximum atomic E-state index is 15.2. The van der Waals surface area contributed by atoms with Gasteiger partial charge in [-0.15, -0.1) is 0 Å². The van der Waals surface area contributed by atoms with E-state index >= 15 is 4.79 Å². The van der Waals surface area contributed by atoms with Crippen molar-refractivity contribution in [3.05, 3.63) is 70.9 Å². The molecule has 2 N–H and O–H groups in total. The van der Waals surface area contributed by atoms with Gasteiger partial charge in [-0.1, -0.05) is 50.6 Å². The monoisotopic (exact) mass is 780 g/mol. The van der Waals surface area contributed by atoms with E-state index in [9.17, 15) is 14.7 Å². The molecule has 1 aromatic heterocycles. The van der Waals surface area contributed by atoms with Gasteiger partial charge in [0.15, 0.2) is 6.10 Å². The van der Waals surface area contributed by atoms with Crippen LogP contribution in [0, 0.1) is 17.3 Å². The third-order valence-corrected chi connectivity index (χ3v) is 15.2. The fourth-order valence-corrected chi connectivity index (χ4v) is 13.3. The molecule has 304 valence electrons. The maximum Gasteiger partial charge on any atom is 0.344 e. The van der Waals surface area contributed by atoms with Crippen molar-refractivity contribution in [1.29, 1.82) is 0 Å². The first-order valence-corrected chi connectivity index (χ1v) is 20.7. The van der Waals surface area contributed by atoms with E-state index in [1.165, 1.54) is 21.1 Å². The number of methoxy groups -OCH3 is 3. The van der Waals surface area contributed by atoms with E-state index in [0.717, 1.165) is 59.3 Å². The molecule has 1 saturated carbocycles. The van der Waals surface area contributed by atoms with Crippen LogP contribution in [0.25, 0.3) is 10.9 Å². The van der Waals surface area contributed by atoms with Gasteiger partial charge in [-0.2, -0.15) is 0 Å². The molecule has 9 rings (SSSR count). The highest BCUT2D eigenvalue weighted by Gasteiger charge is 2.80. The largest absolute Gasteiger partial charge is 0.496 e. The van der Waals surface area contributed by atoms with Crippen LogP contribution in [0.2, 0.25) is 0 Å². The number of anilines is 1. The molecule has 5 aliphatic heterocycles. The Morgan fingerprint density at radius 1 is 1.00 bits per heavy atom. The topological polar surface area (TPSA) is 134 Å². The summed E-state index contributed by atoms with van der Waals surface area (Å²) in [7, 11) is 6.26. The normalized spacial score (nSPS) is 36.3. The van der Waals surface area contributed by atoms with E-state index in [4.69, 9.17) is 18.9 Å². The van der Waals surface area contributed by atoms with Crippen molar-refractivity contribution in [3.63, 3.8) is 0 Å². The lowest BCUT2D eigenvalue weighted by Crippen LogP contribution is -2.81. The Morgan fingerprint density at radius 3 is 2.47 bits per heavy atom. The third-order valence-electron chi connectivity index (χ3n) is 15.2. The Balaban J connectivity index is 1.36. The van der Waals surface area contributed by atoms with Gasteiger partial charge in [0.1, 0.15) is 11.2 Å². The van der Waals surface area contributed by atoms with Crippen molar-refractivity contribution in [2.75, 3.05) is 59.5 Å². The zero-order chi connectivity index (χ0) is 40.2. The Hall–Kier alpha value is -4.39. The van der Waals surface area contributed by atoms with E-state index in [1.54, 1.807) is 7.11 Å². The van der Waals surface area contributed by atoms with Gasteiger partial charge in [0, 0.05) is 90.9 Å². The first-order chi connectivity index (χ1) is 27.4. The van der Waals surface area contributed by atoms with Crippen molar-refractivity contribution in [2.45, 2.75) is 94.0 Å². The molecule has 6 aliphatic rings. The van der Waals surface area contributed by atoms with E-state index < -0.39 is 45.9 Å². The van der Waals surface area contributed by atoms with Gasteiger partial charge in [-0.25, -0.2) is 4.79 Å². The number of piperidine rings is 1. The second kappa shape index (κ2) is 13.3. The fraction of sp³-hybridized carbons (Fsp3) is 0.578. The van der Waals surface area contributed by atoms with Gasteiger partial charge < -0.3 is 33.9 Å². The van der Waals surface area contributed by atoms with Crippen molar-refractivity contribution in [1.82, 2.24) is 14.8 Å². The number of carbonyl (C=O) groups excluding carboxylic acids is 3. The number of H-pyrrole nitrogens is 1. The Morgan fingerprint density at radius 2 is 1.77 bits per heavy atom. The molecular formula is C45H56N4O8. The van der Waals surface area contributed by atoms with Gasteiger partial charge in [0.25, 0.3) is 0 Å². The summed E-state index contributed by atoms with van der Waals surface area (Å²) in [5.41, 5.74) is -0.0938. The number of para-hydroxylation sites is 1. The summed E-state index contributed by atoms with van der Waals surface area (Å²) in [6, 6.07) is 11.3. The van der Waals surface area contributed by atoms with Gasteiger partial charge in [0.05, 0.1) is 27.4 Å². The number of aliphatic hydroxyl groups is 1. The highest BCUT2D eigenvalue weighted by atomic mass is 16.6. The molecule has 0 radical (unpaired) electrons. The first-order valence-electron chi connectivity index (χ1n) is 20.7. The fourth-order valence-electron chi connectivity index (χ4n) is 13.3. The van der Waals surface area contributed by atoms with Crippen LogP contribution in [-0.2, 0) is 46.0 Å². The highest BCUT2D eigenvalue weighted by molar-refractivity contribution is 5.95. The minimum Gasteiger partial charge on any atom is -0.496 e. The number of rotatable bonds is 7. The predicted molar refractivity (Wildman–Crippen MR) is 214 cm³/mol. The van der Waals surface area contributed by atoms with Crippen LogP contribution in [0.1, 0.15) is 75.3 Å². The summed E-state index contributed by atoms with van der Waals surface area (Å²) < 4.78 is 23.9. The van der Waals surface area contributed by atoms with E-state index in [1.807, 2.05) is 37.1 Å². The van der Waals surface area contributed by atoms with Crippen LogP contribution in [-0.4, -0.2) is 116 Å². The molecule has 10 atom stereocenters.